The second kappa shape index (κ2) is 9.24. The molecule has 0 atom stereocenters. The zero-order valence-corrected chi connectivity index (χ0v) is 19.2. The van der Waals surface area contributed by atoms with Crippen LogP contribution in [0, 0.1) is 0 Å². The van der Waals surface area contributed by atoms with Crippen LogP contribution in [0.15, 0.2) is 29.7 Å². The van der Waals surface area contributed by atoms with Crippen molar-refractivity contribution in [3.05, 3.63) is 30.1 Å². The van der Waals surface area contributed by atoms with E-state index >= 15 is 0 Å². The molecule has 1 aliphatic heterocycles. The maximum Gasteiger partial charge on any atom is 0.253 e. The van der Waals surface area contributed by atoms with Gasteiger partial charge >= 0.3 is 0 Å². The van der Waals surface area contributed by atoms with Gasteiger partial charge in [-0.2, -0.15) is 0 Å². The molecular weight excluding hydrogens is 396 g/mol. The zero-order chi connectivity index (χ0) is 20.1. The number of carbonyl (C=O) groups excluding carboxylic acids is 2. The summed E-state index contributed by atoms with van der Waals surface area (Å²) in [5.41, 5.74) is 6.49. The normalized spacial score (nSPS) is 15.1. The monoisotopic (exact) mass is 424 g/mol. The van der Waals surface area contributed by atoms with E-state index in [0.717, 1.165) is 28.6 Å². The van der Waals surface area contributed by atoms with Gasteiger partial charge in [-0.05, 0) is 38.7 Å². The highest BCUT2D eigenvalue weighted by Gasteiger charge is 2.33. The number of nitrogens with zero attached hydrogens (tertiary/aromatic N) is 3. The van der Waals surface area contributed by atoms with Crippen molar-refractivity contribution in [1.29, 1.82) is 0 Å². The minimum absolute atomic E-state index is 0.216. The minimum Gasteiger partial charge on any atom is -0.455 e. The van der Waals surface area contributed by atoms with Crippen LogP contribution in [0.4, 0.5) is 0 Å². The van der Waals surface area contributed by atoms with Gasteiger partial charge in [0.1, 0.15) is 0 Å². The molecule has 0 unspecified atom stereocenters. The smallest absolute Gasteiger partial charge is 0.253 e. The van der Waals surface area contributed by atoms with Crippen molar-refractivity contribution >= 4 is 40.2 Å². The van der Waals surface area contributed by atoms with Gasteiger partial charge in [0.15, 0.2) is 21.8 Å². The first-order valence-electron chi connectivity index (χ1n) is 8.99. The number of thioether (sulfide) groups is 1. The number of carbonyl (C=O) groups is 2. The van der Waals surface area contributed by atoms with Crippen LogP contribution in [0.1, 0.15) is 12.0 Å². The lowest BCUT2D eigenvalue weighted by molar-refractivity contribution is -0.136. The molecule has 27 heavy (non-hydrogen) atoms. The highest BCUT2D eigenvalue weighted by Crippen LogP contribution is 2.25. The van der Waals surface area contributed by atoms with Crippen LogP contribution in [0.3, 0.4) is 0 Å². The quantitative estimate of drug-likeness (QED) is 0.266. The maximum absolute atomic E-state index is 11.6. The topological polar surface area (TPSA) is 98.4 Å². The van der Waals surface area contributed by atoms with Crippen LogP contribution >= 0.6 is 11.8 Å². The Kier molecular flexibility index (Phi) is 7.51. The van der Waals surface area contributed by atoms with Gasteiger partial charge in [-0.1, -0.05) is 11.8 Å². The fourth-order valence-electron chi connectivity index (χ4n) is 2.90. The van der Waals surface area contributed by atoms with Crippen LogP contribution in [0.5, 0.6) is 0 Å². The van der Waals surface area contributed by atoms with Crippen molar-refractivity contribution in [3.8, 4) is 0 Å². The van der Waals surface area contributed by atoms with Gasteiger partial charge in [0.2, 0.25) is 0 Å². The molecule has 1 aliphatic rings. The first kappa shape index (κ1) is 22.0. The highest BCUT2D eigenvalue weighted by atomic mass is 32.2. The second-order valence-electron chi connectivity index (χ2n) is 7.75. The fourth-order valence-corrected chi connectivity index (χ4v) is 13.2. The molecule has 0 aliphatic carbocycles. The molecule has 2 amide bonds. The average molecular weight is 425 g/mol. The maximum atomic E-state index is 11.6. The number of aromatic nitrogens is 2. The fraction of sp³-hybridized carbons (Fsp3) is 0.529. The van der Waals surface area contributed by atoms with E-state index in [0.29, 0.717) is 13.1 Å². The van der Waals surface area contributed by atoms with Gasteiger partial charge in [-0.25, -0.2) is 9.97 Å². The van der Waals surface area contributed by atoms with E-state index in [2.05, 4.69) is 36.2 Å². The van der Waals surface area contributed by atoms with Gasteiger partial charge in [-0.15, -0.1) is 0 Å². The Hall–Kier alpha value is -1.34. The Morgan fingerprint density at radius 3 is 2.22 bits per heavy atom. The molecular formula is C17H28N4O3SSi2. The molecule has 7 nitrogen and oxygen atoms in total. The molecule has 0 fully saturated rings. The van der Waals surface area contributed by atoms with E-state index < -0.39 is 16.6 Å². The molecule has 1 aromatic rings. The van der Waals surface area contributed by atoms with Crippen LogP contribution in [0.2, 0.25) is 32.2 Å². The zero-order valence-electron chi connectivity index (χ0n) is 16.4. The van der Waals surface area contributed by atoms with Gasteiger partial charge in [0.25, 0.3) is 11.8 Å². The first-order chi connectivity index (χ1) is 12.6. The van der Waals surface area contributed by atoms with Crippen LogP contribution in [-0.2, 0) is 20.2 Å². The van der Waals surface area contributed by atoms with Crippen molar-refractivity contribution < 1.29 is 13.7 Å². The third-order valence-corrected chi connectivity index (χ3v) is 13.9. The summed E-state index contributed by atoms with van der Waals surface area (Å²) in [6, 6.07) is 0.910. The SMILES string of the molecule is C[Si](C)(CCCN1C(=O)C=CC1=O)O[Si](C)(C)CSc1ncc(CN)cn1. The largest absolute Gasteiger partial charge is 0.455 e. The van der Waals surface area contributed by atoms with E-state index in [1.807, 2.05) is 0 Å². The molecule has 2 N–H and O–H groups in total. The molecule has 0 bridgehead atoms. The summed E-state index contributed by atoms with van der Waals surface area (Å²) in [5.74, 6) is -0.431. The van der Waals surface area contributed by atoms with E-state index in [9.17, 15) is 9.59 Å². The van der Waals surface area contributed by atoms with Gasteiger partial charge in [-0.3, -0.25) is 14.5 Å². The summed E-state index contributed by atoms with van der Waals surface area (Å²) in [4.78, 5) is 33.2. The Morgan fingerprint density at radius 1 is 1.07 bits per heavy atom. The molecule has 148 valence electrons. The lowest BCUT2D eigenvalue weighted by Gasteiger charge is -2.34. The average Bonchev–Trinajstić information content (AvgIpc) is 2.91. The van der Waals surface area contributed by atoms with Crippen molar-refractivity contribution in [3.63, 3.8) is 0 Å². The Morgan fingerprint density at radius 2 is 1.67 bits per heavy atom. The van der Waals surface area contributed by atoms with E-state index in [1.54, 1.807) is 24.2 Å². The molecule has 0 saturated heterocycles. The molecule has 2 rings (SSSR count). The molecule has 10 heteroatoms. The number of nitrogens with two attached hydrogens (primary N) is 1. The molecule has 2 heterocycles. The first-order valence-corrected chi connectivity index (χ1v) is 16.2. The summed E-state index contributed by atoms with van der Waals surface area (Å²) in [6.07, 6.45) is 6.96. The number of amides is 2. The lowest BCUT2D eigenvalue weighted by atomic mass is 10.4. The standard InChI is InChI=1S/C17H28N4O3SSi2/c1-26(2,9-5-8-21-15(22)6-7-16(21)23)24-27(3,4)13-25-17-19-11-14(10-18)12-20-17/h6-7,11-12H,5,8-10,13,18H2,1-4H3. The predicted molar refractivity (Wildman–Crippen MR) is 112 cm³/mol. The summed E-state index contributed by atoms with van der Waals surface area (Å²) >= 11 is 1.62. The number of hydrogen-bond donors (Lipinski definition) is 1. The summed E-state index contributed by atoms with van der Waals surface area (Å²) in [5, 5.41) is 1.62. The minimum atomic E-state index is -1.89. The molecule has 0 saturated carbocycles. The Labute approximate surface area is 167 Å². The van der Waals surface area contributed by atoms with Crippen molar-refractivity contribution in [2.75, 3.05) is 11.9 Å². The van der Waals surface area contributed by atoms with E-state index in [4.69, 9.17) is 9.85 Å². The second-order valence-corrected chi connectivity index (χ2v) is 17.9. The number of hydrogen-bond acceptors (Lipinski definition) is 7. The Bertz CT molecular complexity index is 693. The van der Waals surface area contributed by atoms with Crippen LogP contribution < -0.4 is 5.73 Å². The summed E-state index contributed by atoms with van der Waals surface area (Å²) in [6.45, 7) is 9.72. The lowest BCUT2D eigenvalue weighted by Crippen LogP contribution is -2.46. The number of rotatable bonds is 10. The predicted octanol–water partition coefficient (Wildman–Crippen LogP) is 2.31. The van der Waals surface area contributed by atoms with Gasteiger partial charge in [0, 0.05) is 48.6 Å². The van der Waals surface area contributed by atoms with Crippen molar-refractivity contribution in [2.45, 2.75) is 50.4 Å². The summed E-state index contributed by atoms with van der Waals surface area (Å²) in [7, 11) is -3.78. The molecule has 0 radical (unpaired) electrons. The third kappa shape index (κ3) is 6.96. The van der Waals surface area contributed by atoms with E-state index in [-0.39, 0.29) is 11.8 Å². The third-order valence-electron chi connectivity index (χ3n) is 4.08. The van der Waals surface area contributed by atoms with Gasteiger partial charge < -0.3 is 9.85 Å². The van der Waals surface area contributed by atoms with Crippen LogP contribution in [-0.4, -0.2) is 55.2 Å². The molecule has 1 aromatic heterocycles. The van der Waals surface area contributed by atoms with Crippen LogP contribution in [0.25, 0.3) is 0 Å². The number of imide groups is 1. The molecule has 0 aromatic carbocycles. The molecule has 0 spiro atoms. The van der Waals surface area contributed by atoms with E-state index in [1.165, 1.54) is 17.1 Å². The van der Waals surface area contributed by atoms with Crippen molar-refractivity contribution in [1.82, 2.24) is 14.9 Å². The Balaban J connectivity index is 1.79. The van der Waals surface area contributed by atoms with Crippen molar-refractivity contribution in [2.24, 2.45) is 5.73 Å². The van der Waals surface area contributed by atoms with Gasteiger partial charge in [0.05, 0.1) is 0 Å². The highest BCUT2D eigenvalue weighted by molar-refractivity contribution is 8.00. The summed E-state index contributed by atoms with van der Waals surface area (Å²) < 4.78 is 6.59.